The maximum atomic E-state index is 14.7. The van der Waals surface area contributed by atoms with Crippen molar-refractivity contribution >= 4 is 23.4 Å². The van der Waals surface area contributed by atoms with Crippen molar-refractivity contribution in [1.82, 2.24) is 10.2 Å². The number of piperidine rings is 1. The highest BCUT2D eigenvalue weighted by Gasteiger charge is 2.49. The topological polar surface area (TPSA) is 79.0 Å². The fraction of sp³-hybridized carbons (Fsp3) is 0.370. The number of fused-ring (bicyclic) bond motifs is 1. The maximum absolute atomic E-state index is 14.7. The molecule has 3 aliphatic heterocycles. The van der Waals surface area contributed by atoms with Crippen LogP contribution < -0.4 is 15.0 Å². The summed E-state index contributed by atoms with van der Waals surface area (Å²) in [7, 11) is 1.33. The summed E-state index contributed by atoms with van der Waals surface area (Å²) in [6.45, 7) is 2.09. The Hall–Kier alpha value is -3.86. The Kier molecular flexibility index (Phi) is 5.93. The van der Waals surface area contributed by atoms with Crippen molar-refractivity contribution < 1.29 is 23.5 Å². The number of ether oxygens (including phenoxy) is 1. The number of halogens is 1. The number of methoxy groups -OCH3 is 1. The molecule has 2 aromatic rings. The molecular formula is C27H26FN3O4. The fourth-order valence-electron chi connectivity index (χ4n) is 5.02. The highest BCUT2D eigenvalue weighted by atomic mass is 19.1. The van der Waals surface area contributed by atoms with E-state index in [1.807, 2.05) is 24.3 Å². The molecule has 0 saturated carbocycles. The van der Waals surface area contributed by atoms with Gasteiger partial charge in [-0.3, -0.25) is 19.7 Å². The van der Waals surface area contributed by atoms with Crippen molar-refractivity contribution in [3.05, 3.63) is 58.9 Å². The number of nitrogens with zero attached hydrogens (tertiary/aromatic N) is 2. The molecule has 0 bridgehead atoms. The molecule has 0 spiro atoms. The zero-order chi connectivity index (χ0) is 24.6. The van der Waals surface area contributed by atoms with Crippen LogP contribution in [0, 0.1) is 23.1 Å². The van der Waals surface area contributed by atoms with Gasteiger partial charge in [0, 0.05) is 37.4 Å². The molecule has 0 aromatic heterocycles. The zero-order valence-electron chi connectivity index (χ0n) is 19.5. The maximum Gasteiger partial charge on any atom is 0.257 e. The molecule has 1 N–H and O–H groups in total. The van der Waals surface area contributed by atoms with Crippen LogP contribution in [0.5, 0.6) is 5.75 Å². The second kappa shape index (κ2) is 9.06. The largest absolute Gasteiger partial charge is 0.494 e. The van der Waals surface area contributed by atoms with E-state index >= 15 is 0 Å². The summed E-state index contributed by atoms with van der Waals surface area (Å²) in [4.78, 5) is 41.7. The summed E-state index contributed by atoms with van der Waals surface area (Å²) >= 11 is 0. The molecule has 2 fully saturated rings. The predicted molar refractivity (Wildman–Crippen MR) is 127 cm³/mol. The monoisotopic (exact) mass is 475 g/mol. The van der Waals surface area contributed by atoms with Gasteiger partial charge in [0.2, 0.25) is 11.8 Å². The Labute approximate surface area is 203 Å². The smallest absolute Gasteiger partial charge is 0.257 e. The molecule has 1 atom stereocenters. The lowest BCUT2D eigenvalue weighted by Gasteiger charge is -2.28. The van der Waals surface area contributed by atoms with E-state index in [4.69, 9.17) is 4.74 Å². The van der Waals surface area contributed by atoms with Gasteiger partial charge in [0.1, 0.15) is 5.41 Å². The highest BCUT2D eigenvalue weighted by Crippen LogP contribution is 2.35. The fourth-order valence-corrected chi connectivity index (χ4v) is 5.02. The van der Waals surface area contributed by atoms with Crippen LogP contribution in [-0.2, 0) is 16.1 Å². The van der Waals surface area contributed by atoms with Gasteiger partial charge in [0.05, 0.1) is 19.1 Å². The van der Waals surface area contributed by atoms with E-state index in [0.717, 1.165) is 18.8 Å². The second-order valence-electron chi connectivity index (χ2n) is 9.26. The molecule has 2 aromatic carbocycles. The molecule has 7 nitrogen and oxygen atoms in total. The minimum Gasteiger partial charge on any atom is -0.494 e. The van der Waals surface area contributed by atoms with E-state index in [2.05, 4.69) is 22.1 Å². The van der Waals surface area contributed by atoms with Crippen LogP contribution in [0.4, 0.5) is 10.1 Å². The average Bonchev–Trinajstić information content (AvgIpc) is 3.34. The van der Waals surface area contributed by atoms with Gasteiger partial charge in [-0.1, -0.05) is 17.9 Å². The molecule has 3 heterocycles. The quantitative estimate of drug-likeness (QED) is 0.544. The van der Waals surface area contributed by atoms with E-state index in [-0.39, 0.29) is 30.8 Å². The minimum absolute atomic E-state index is 0.0183. The number of benzene rings is 2. The van der Waals surface area contributed by atoms with Crippen LogP contribution in [0.1, 0.15) is 47.2 Å². The van der Waals surface area contributed by atoms with Crippen LogP contribution in [0.15, 0.2) is 36.4 Å². The Morgan fingerprint density at radius 2 is 1.80 bits per heavy atom. The summed E-state index contributed by atoms with van der Waals surface area (Å²) in [6.07, 6.45) is 3.47. The van der Waals surface area contributed by atoms with Crippen molar-refractivity contribution in [1.29, 1.82) is 0 Å². The zero-order valence-corrected chi connectivity index (χ0v) is 19.5. The Morgan fingerprint density at radius 1 is 1.06 bits per heavy atom. The van der Waals surface area contributed by atoms with Crippen LogP contribution >= 0.6 is 0 Å². The molecule has 0 aliphatic carbocycles. The molecule has 35 heavy (non-hydrogen) atoms. The third kappa shape index (κ3) is 4.23. The van der Waals surface area contributed by atoms with Gasteiger partial charge >= 0.3 is 0 Å². The lowest BCUT2D eigenvalue weighted by atomic mass is 9.85. The summed E-state index contributed by atoms with van der Waals surface area (Å²) in [5.41, 5.74) is 0.890. The van der Waals surface area contributed by atoms with Crippen LogP contribution in [-0.4, -0.2) is 49.4 Å². The number of hydrogen-bond donors (Lipinski definition) is 1. The van der Waals surface area contributed by atoms with Gasteiger partial charge in [0.25, 0.3) is 5.91 Å². The third-order valence-electron chi connectivity index (χ3n) is 6.92. The van der Waals surface area contributed by atoms with E-state index in [9.17, 15) is 18.8 Å². The summed E-state index contributed by atoms with van der Waals surface area (Å²) in [5, 5.41) is 2.32. The predicted octanol–water partition coefficient (Wildman–Crippen LogP) is 2.87. The van der Waals surface area contributed by atoms with Crippen LogP contribution in [0.25, 0.3) is 0 Å². The van der Waals surface area contributed by atoms with Crippen LogP contribution in [0.2, 0.25) is 0 Å². The number of carbonyl (C=O) groups is 3. The first-order valence-corrected chi connectivity index (χ1v) is 11.8. The Bertz CT molecular complexity index is 1260. The van der Waals surface area contributed by atoms with Crippen molar-refractivity contribution in [2.45, 2.75) is 32.2 Å². The van der Waals surface area contributed by atoms with Gasteiger partial charge in [-0.05, 0) is 55.2 Å². The van der Waals surface area contributed by atoms with E-state index in [1.165, 1.54) is 37.3 Å². The molecule has 3 aliphatic rings. The van der Waals surface area contributed by atoms with E-state index < -0.39 is 29.0 Å². The summed E-state index contributed by atoms with van der Waals surface area (Å²) < 4.78 is 19.7. The van der Waals surface area contributed by atoms with Gasteiger partial charge < -0.3 is 14.5 Å². The van der Waals surface area contributed by atoms with Crippen LogP contribution in [0.3, 0.4) is 0 Å². The van der Waals surface area contributed by atoms with Crippen molar-refractivity contribution in [2.24, 2.45) is 5.41 Å². The first-order valence-electron chi connectivity index (χ1n) is 11.8. The van der Waals surface area contributed by atoms with Gasteiger partial charge in [0.15, 0.2) is 11.6 Å². The van der Waals surface area contributed by atoms with E-state index in [0.29, 0.717) is 11.1 Å². The normalized spacial score (nSPS) is 21.5. The van der Waals surface area contributed by atoms with Gasteiger partial charge in [-0.25, -0.2) is 4.39 Å². The SMILES string of the molecule is COc1ccc2c(c1F)C(=O)N(C[C@@]1(C#Cc3ccc(N4CCCCC4)cc3)CC(=O)NC1=O)C2. The lowest BCUT2D eigenvalue weighted by Crippen LogP contribution is -2.42. The third-order valence-corrected chi connectivity index (χ3v) is 6.92. The van der Waals surface area contributed by atoms with Crippen molar-refractivity contribution in [3.63, 3.8) is 0 Å². The molecule has 180 valence electrons. The molecular weight excluding hydrogens is 449 g/mol. The summed E-state index contributed by atoms with van der Waals surface area (Å²) in [6, 6.07) is 10.9. The highest BCUT2D eigenvalue weighted by molar-refractivity contribution is 6.08. The molecule has 5 rings (SSSR count). The summed E-state index contributed by atoms with van der Waals surface area (Å²) in [5.74, 6) is 3.76. The molecule has 8 heteroatoms. The Balaban J connectivity index is 1.39. The molecule has 0 radical (unpaired) electrons. The molecule has 2 saturated heterocycles. The lowest BCUT2D eigenvalue weighted by molar-refractivity contribution is -0.127. The van der Waals surface area contributed by atoms with Gasteiger partial charge in [-0.2, -0.15) is 0 Å². The number of carbonyl (C=O) groups excluding carboxylic acids is 3. The number of hydrogen-bond acceptors (Lipinski definition) is 5. The first-order chi connectivity index (χ1) is 16.9. The standard InChI is InChI=1S/C27H26FN3O4/c1-35-21-10-7-19-16-31(25(33)23(19)24(21)28)17-27(15-22(32)29-26(27)34)12-11-18-5-8-20(9-6-18)30-13-3-2-4-14-30/h5-10H,2-4,13-17H2,1H3,(H,29,32,34)/t27-/m1/s1. The molecule has 3 amide bonds. The van der Waals surface area contributed by atoms with Crippen molar-refractivity contribution in [3.8, 4) is 17.6 Å². The Morgan fingerprint density at radius 3 is 2.46 bits per heavy atom. The first kappa shape index (κ1) is 22.9. The van der Waals surface area contributed by atoms with E-state index in [1.54, 1.807) is 6.07 Å². The number of nitrogens with one attached hydrogen (secondary N) is 1. The minimum atomic E-state index is -1.40. The number of rotatable bonds is 4. The number of amides is 3. The number of anilines is 1. The number of imide groups is 1. The van der Waals surface area contributed by atoms with Gasteiger partial charge in [-0.15, -0.1) is 0 Å². The average molecular weight is 476 g/mol. The van der Waals surface area contributed by atoms with Crippen molar-refractivity contribution in [2.75, 3.05) is 31.6 Å². The second-order valence-corrected chi connectivity index (χ2v) is 9.26. The molecule has 0 unspecified atom stereocenters.